The maximum absolute atomic E-state index is 12.5. The number of nitrogens with one attached hydrogen (secondary N) is 1. The molecular weight excluding hydrogens is 472 g/mol. The van der Waals surface area contributed by atoms with Crippen LogP contribution in [0.3, 0.4) is 0 Å². The average molecular weight is 489 g/mol. The maximum Gasteiger partial charge on any atom is 0.234 e. The highest BCUT2D eigenvalue weighted by Crippen LogP contribution is 2.29. The number of carbonyl (C=O) groups is 1. The van der Waals surface area contributed by atoms with Gasteiger partial charge >= 0.3 is 0 Å². The first-order valence-corrected chi connectivity index (χ1v) is 11.4. The van der Waals surface area contributed by atoms with Crippen molar-refractivity contribution in [3.8, 4) is 10.7 Å². The molecule has 4 aromatic rings. The topological polar surface area (TPSA) is 73.0 Å². The van der Waals surface area contributed by atoms with Gasteiger partial charge < -0.3 is 9.73 Å². The number of rotatable bonds is 7. The van der Waals surface area contributed by atoms with E-state index in [0.717, 1.165) is 32.2 Å². The van der Waals surface area contributed by atoms with Crippen molar-refractivity contribution in [3.63, 3.8) is 0 Å². The number of carbonyl (C=O) groups excluding carboxylic acids is 1. The first-order chi connectivity index (χ1) is 14.1. The largest absolute Gasteiger partial charge is 0.467 e. The lowest BCUT2D eigenvalue weighted by atomic mass is 10.2. The Bertz CT molecular complexity index is 1110. The molecule has 1 amide bonds. The zero-order valence-electron chi connectivity index (χ0n) is 15.5. The summed E-state index contributed by atoms with van der Waals surface area (Å²) in [5.41, 5.74) is 1.87. The summed E-state index contributed by atoms with van der Waals surface area (Å²) in [5, 5.41) is 14.3. The summed E-state index contributed by atoms with van der Waals surface area (Å²) in [4.78, 5) is 13.5. The van der Waals surface area contributed by atoms with Crippen molar-refractivity contribution in [2.75, 3.05) is 11.1 Å². The lowest BCUT2D eigenvalue weighted by Crippen LogP contribution is -2.15. The molecule has 0 atom stereocenters. The summed E-state index contributed by atoms with van der Waals surface area (Å²) in [5.74, 6) is 1.68. The highest BCUT2D eigenvalue weighted by atomic mass is 79.9. The number of thiophene rings is 1. The first kappa shape index (κ1) is 19.9. The molecule has 3 heterocycles. The molecule has 0 aliphatic heterocycles. The number of hydrogen-bond donors (Lipinski definition) is 1. The molecular formula is C20H17BrN4O2S2. The molecule has 29 heavy (non-hydrogen) atoms. The molecule has 0 unspecified atom stereocenters. The van der Waals surface area contributed by atoms with Crippen LogP contribution in [0.25, 0.3) is 10.7 Å². The van der Waals surface area contributed by atoms with Crippen molar-refractivity contribution < 1.29 is 9.21 Å². The average Bonchev–Trinajstić information content (AvgIpc) is 3.45. The van der Waals surface area contributed by atoms with Gasteiger partial charge in [-0.3, -0.25) is 9.36 Å². The number of anilines is 1. The maximum atomic E-state index is 12.5. The van der Waals surface area contributed by atoms with E-state index in [1.54, 1.807) is 17.6 Å². The Labute approximate surface area is 184 Å². The second kappa shape index (κ2) is 8.98. The van der Waals surface area contributed by atoms with Gasteiger partial charge in [0.2, 0.25) is 5.91 Å². The second-order valence-electron chi connectivity index (χ2n) is 6.27. The Morgan fingerprint density at radius 2 is 2.17 bits per heavy atom. The Balaban J connectivity index is 1.50. The third-order valence-electron chi connectivity index (χ3n) is 4.08. The Morgan fingerprint density at radius 3 is 2.90 bits per heavy atom. The zero-order chi connectivity index (χ0) is 20.2. The smallest absolute Gasteiger partial charge is 0.234 e. The summed E-state index contributed by atoms with van der Waals surface area (Å²) >= 11 is 6.43. The van der Waals surface area contributed by atoms with Crippen LogP contribution >= 0.6 is 39.0 Å². The molecule has 0 fully saturated rings. The SMILES string of the molecule is Cc1ccc(NC(=O)CSc2nnc(-c3cccs3)n2Cc2ccco2)c(Br)c1. The van der Waals surface area contributed by atoms with E-state index >= 15 is 0 Å². The molecule has 1 aromatic carbocycles. The molecule has 6 nitrogen and oxygen atoms in total. The van der Waals surface area contributed by atoms with Gasteiger partial charge in [0.15, 0.2) is 11.0 Å². The number of aromatic nitrogens is 3. The molecule has 148 valence electrons. The molecule has 3 aromatic heterocycles. The fourth-order valence-corrected chi connectivity index (χ4v) is 4.77. The van der Waals surface area contributed by atoms with Gasteiger partial charge in [-0.15, -0.1) is 21.5 Å². The van der Waals surface area contributed by atoms with Crippen molar-refractivity contribution in [1.29, 1.82) is 0 Å². The molecule has 0 radical (unpaired) electrons. The van der Waals surface area contributed by atoms with Crippen molar-refractivity contribution in [2.45, 2.75) is 18.6 Å². The fourth-order valence-electron chi connectivity index (χ4n) is 2.72. The Morgan fingerprint density at radius 1 is 1.28 bits per heavy atom. The summed E-state index contributed by atoms with van der Waals surface area (Å²) in [6, 6.07) is 13.6. The van der Waals surface area contributed by atoms with Gasteiger partial charge in [0, 0.05) is 4.47 Å². The van der Waals surface area contributed by atoms with Gasteiger partial charge in [0.05, 0.1) is 29.1 Å². The van der Waals surface area contributed by atoms with E-state index in [0.29, 0.717) is 11.7 Å². The molecule has 9 heteroatoms. The number of amides is 1. The van der Waals surface area contributed by atoms with E-state index < -0.39 is 0 Å². The molecule has 0 saturated carbocycles. The number of aryl methyl sites for hydroxylation is 1. The summed E-state index contributed by atoms with van der Waals surface area (Å²) in [7, 11) is 0. The monoisotopic (exact) mass is 488 g/mol. The summed E-state index contributed by atoms with van der Waals surface area (Å²) < 4.78 is 8.33. The molecule has 1 N–H and O–H groups in total. The van der Waals surface area contributed by atoms with Crippen LogP contribution in [0.5, 0.6) is 0 Å². The number of halogens is 1. The van der Waals surface area contributed by atoms with Crippen LogP contribution in [0.1, 0.15) is 11.3 Å². The number of benzene rings is 1. The first-order valence-electron chi connectivity index (χ1n) is 8.78. The lowest BCUT2D eigenvalue weighted by Gasteiger charge is -2.09. The summed E-state index contributed by atoms with van der Waals surface area (Å²) in [6.07, 6.45) is 1.64. The number of nitrogens with zero attached hydrogens (tertiary/aromatic N) is 3. The quantitative estimate of drug-likeness (QED) is 0.350. The van der Waals surface area contributed by atoms with E-state index in [9.17, 15) is 4.79 Å². The fraction of sp³-hybridized carbons (Fsp3) is 0.150. The Kier molecular flexibility index (Phi) is 6.17. The minimum absolute atomic E-state index is 0.107. The van der Waals surface area contributed by atoms with E-state index in [-0.39, 0.29) is 11.7 Å². The van der Waals surface area contributed by atoms with Crippen LogP contribution in [0.4, 0.5) is 5.69 Å². The van der Waals surface area contributed by atoms with Crippen LogP contribution in [0.15, 0.2) is 68.2 Å². The highest BCUT2D eigenvalue weighted by molar-refractivity contribution is 9.10. The Hall–Kier alpha value is -2.36. The second-order valence-corrected chi connectivity index (χ2v) is 9.01. The van der Waals surface area contributed by atoms with E-state index in [2.05, 4.69) is 31.4 Å². The number of thioether (sulfide) groups is 1. The van der Waals surface area contributed by atoms with Gasteiger partial charge in [-0.2, -0.15) is 0 Å². The number of furan rings is 1. The van der Waals surface area contributed by atoms with E-state index in [1.165, 1.54) is 11.8 Å². The van der Waals surface area contributed by atoms with Crippen molar-refractivity contribution in [3.05, 3.63) is 69.9 Å². The van der Waals surface area contributed by atoms with Gasteiger partial charge in [-0.1, -0.05) is 23.9 Å². The van der Waals surface area contributed by atoms with E-state index in [4.69, 9.17) is 4.42 Å². The van der Waals surface area contributed by atoms with Crippen molar-refractivity contribution >= 4 is 50.6 Å². The highest BCUT2D eigenvalue weighted by Gasteiger charge is 2.18. The third kappa shape index (κ3) is 4.80. The van der Waals surface area contributed by atoms with Gasteiger partial charge in [-0.25, -0.2) is 0 Å². The van der Waals surface area contributed by atoms with E-state index in [1.807, 2.05) is 59.3 Å². The standard InChI is InChI=1S/C20H17BrN4O2S2/c1-13-6-7-16(15(21)10-13)22-18(26)12-29-20-24-23-19(17-5-3-9-28-17)25(20)11-14-4-2-8-27-14/h2-10H,11-12H2,1H3,(H,22,26). The zero-order valence-corrected chi connectivity index (χ0v) is 18.7. The van der Waals surface area contributed by atoms with Crippen LogP contribution in [-0.4, -0.2) is 26.4 Å². The van der Waals surface area contributed by atoms with Crippen LogP contribution < -0.4 is 5.32 Å². The van der Waals surface area contributed by atoms with Crippen LogP contribution in [-0.2, 0) is 11.3 Å². The molecule has 0 saturated heterocycles. The van der Waals surface area contributed by atoms with Crippen molar-refractivity contribution in [1.82, 2.24) is 14.8 Å². The lowest BCUT2D eigenvalue weighted by molar-refractivity contribution is -0.113. The normalized spacial score (nSPS) is 11.0. The third-order valence-corrected chi connectivity index (χ3v) is 6.57. The van der Waals surface area contributed by atoms with Crippen LogP contribution in [0.2, 0.25) is 0 Å². The van der Waals surface area contributed by atoms with Gasteiger partial charge in [0.1, 0.15) is 5.76 Å². The number of hydrogen-bond acceptors (Lipinski definition) is 6. The predicted molar refractivity (Wildman–Crippen MR) is 119 cm³/mol. The van der Waals surface area contributed by atoms with Crippen molar-refractivity contribution in [2.24, 2.45) is 0 Å². The predicted octanol–water partition coefficient (Wildman–Crippen LogP) is 5.45. The minimum atomic E-state index is -0.107. The molecule has 0 aliphatic rings. The summed E-state index contributed by atoms with van der Waals surface area (Å²) in [6.45, 7) is 2.50. The minimum Gasteiger partial charge on any atom is -0.467 e. The van der Waals surface area contributed by atoms with Gasteiger partial charge in [-0.05, 0) is 64.1 Å². The molecule has 0 bridgehead atoms. The molecule has 0 spiro atoms. The van der Waals surface area contributed by atoms with Crippen LogP contribution in [0, 0.1) is 6.92 Å². The molecule has 4 rings (SSSR count). The molecule has 0 aliphatic carbocycles. The van der Waals surface area contributed by atoms with Gasteiger partial charge in [0.25, 0.3) is 0 Å².